The van der Waals surface area contributed by atoms with Crippen LogP contribution in [-0.4, -0.2) is 76.3 Å². The van der Waals surface area contributed by atoms with Crippen LogP contribution in [0.2, 0.25) is 0 Å². The van der Waals surface area contributed by atoms with Gasteiger partial charge < -0.3 is 14.7 Å². The van der Waals surface area contributed by atoms with Crippen LogP contribution in [0.5, 0.6) is 0 Å². The number of hydrogen-bond acceptors (Lipinski definition) is 5. The Morgan fingerprint density at radius 3 is 2.54 bits per heavy atom. The fourth-order valence-corrected chi connectivity index (χ4v) is 4.87. The Hall–Kier alpha value is -0.990. The maximum Gasteiger partial charge on any atom is 0.243 e. The second-order valence-corrected chi connectivity index (χ2v) is 8.48. The minimum Gasteiger partial charge on any atom is -0.396 e. The number of rotatable bonds is 8. The molecule has 24 heavy (non-hydrogen) atoms. The van der Waals surface area contributed by atoms with Crippen LogP contribution in [0.4, 0.5) is 0 Å². The first-order valence-electron chi connectivity index (χ1n) is 8.31. The summed E-state index contributed by atoms with van der Waals surface area (Å²) in [6.07, 6.45) is 0.842. The quantitative estimate of drug-likeness (QED) is 0.749. The molecule has 6 nitrogen and oxygen atoms in total. The summed E-state index contributed by atoms with van der Waals surface area (Å²) in [4.78, 5) is 2.47. The van der Waals surface area contributed by atoms with Gasteiger partial charge in [0.15, 0.2) is 0 Å². The van der Waals surface area contributed by atoms with Crippen molar-refractivity contribution in [3.63, 3.8) is 0 Å². The maximum absolute atomic E-state index is 12.9. The first-order chi connectivity index (χ1) is 11.5. The fourth-order valence-electron chi connectivity index (χ4n) is 3.25. The Kier molecular flexibility index (Phi) is 7.18. The molecule has 1 aromatic rings. The van der Waals surface area contributed by atoms with Crippen LogP contribution in [0.1, 0.15) is 6.42 Å². The molecule has 0 amide bonds. The predicted molar refractivity (Wildman–Crippen MR) is 93.3 cm³/mol. The van der Waals surface area contributed by atoms with Crippen molar-refractivity contribution in [2.45, 2.75) is 11.3 Å². The van der Waals surface area contributed by atoms with Crippen molar-refractivity contribution in [1.82, 2.24) is 9.21 Å². The molecule has 0 saturated carbocycles. The van der Waals surface area contributed by atoms with E-state index in [0.717, 1.165) is 19.5 Å². The van der Waals surface area contributed by atoms with E-state index in [0.29, 0.717) is 24.6 Å². The number of likely N-dealkylation sites (N-methyl/N-ethyl adjacent to an activating group) is 1. The average Bonchev–Trinajstić information content (AvgIpc) is 2.60. The summed E-state index contributed by atoms with van der Waals surface area (Å²) in [5.74, 6) is 0.189. The van der Waals surface area contributed by atoms with Crippen molar-refractivity contribution >= 4 is 10.0 Å². The van der Waals surface area contributed by atoms with E-state index in [-0.39, 0.29) is 18.4 Å². The van der Waals surface area contributed by atoms with Crippen molar-refractivity contribution in [2.24, 2.45) is 11.8 Å². The molecular formula is C17H28N2O4S. The third kappa shape index (κ3) is 5.00. The molecule has 1 fully saturated rings. The summed E-state index contributed by atoms with van der Waals surface area (Å²) in [5, 5.41) is 9.58. The van der Waals surface area contributed by atoms with Gasteiger partial charge in [-0.05, 0) is 37.4 Å². The lowest BCUT2D eigenvalue weighted by molar-refractivity contribution is 0.101. The number of hydrogen-bond donors (Lipinski definition) is 1. The van der Waals surface area contributed by atoms with Crippen LogP contribution in [0.3, 0.4) is 0 Å². The fraction of sp³-hybridized carbons (Fsp3) is 0.647. The second kappa shape index (κ2) is 8.92. The number of aliphatic hydroxyl groups excluding tert-OH is 1. The average molecular weight is 356 g/mol. The lowest BCUT2D eigenvalue weighted by Gasteiger charge is -2.37. The highest BCUT2D eigenvalue weighted by Gasteiger charge is 2.34. The van der Waals surface area contributed by atoms with E-state index in [2.05, 4.69) is 4.90 Å². The van der Waals surface area contributed by atoms with Gasteiger partial charge in [0.2, 0.25) is 10.0 Å². The number of aliphatic hydroxyl groups is 1. The van der Waals surface area contributed by atoms with Gasteiger partial charge in [0.05, 0.1) is 11.5 Å². The van der Waals surface area contributed by atoms with E-state index in [4.69, 9.17) is 4.74 Å². The Bertz CT molecular complexity index is 594. The monoisotopic (exact) mass is 356 g/mol. The molecule has 0 bridgehead atoms. The summed E-state index contributed by atoms with van der Waals surface area (Å²) in [7, 11) is 0.171. The molecule has 0 aromatic heterocycles. The molecule has 1 aliphatic rings. The molecule has 0 unspecified atom stereocenters. The van der Waals surface area contributed by atoms with Crippen LogP contribution >= 0.6 is 0 Å². The first kappa shape index (κ1) is 19.3. The van der Waals surface area contributed by atoms with E-state index in [1.165, 1.54) is 4.31 Å². The lowest BCUT2D eigenvalue weighted by atomic mass is 9.90. The zero-order chi connectivity index (χ0) is 17.6. The highest BCUT2D eigenvalue weighted by atomic mass is 32.2. The molecule has 2 atom stereocenters. The summed E-state index contributed by atoms with van der Waals surface area (Å²) in [5.41, 5.74) is 0. The SMILES string of the molecule is COCCN(C)C[C@H]1C[C@@H](CO)CN(S(=O)(=O)c2ccccc2)C1. The molecule has 1 N–H and O–H groups in total. The summed E-state index contributed by atoms with van der Waals surface area (Å²) in [6, 6.07) is 8.52. The van der Waals surface area contributed by atoms with Gasteiger partial charge in [-0.25, -0.2) is 8.42 Å². The van der Waals surface area contributed by atoms with Gasteiger partial charge in [0, 0.05) is 39.9 Å². The lowest BCUT2D eigenvalue weighted by Crippen LogP contribution is -2.47. The van der Waals surface area contributed by atoms with Crippen molar-refractivity contribution in [3.8, 4) is 0 Å². The van der Waals surface area contributed by atoms with Crippen LogP contribution in [0.15, 0.2) is 35.2 Å². The van der Waals surface area contributed by atoms with Gasteiger partial charge in [-0.15, -0.1) is 0 Å². The molecule has 136 valence electrons. The van der Waals surface area contributed by atoms with Crippen LogP contribution in [-0.2, 0) is 14.8 Å². The molecule has 0 spiro atoms. The largest absolute Gasteiger partial charge is 0.396 e. The Morgan fingerprint density at radius 1 is 1.25 bits per heavy atom. The van der Waals surface area contributed by atoms with E-state index < -0.39 is 10.0 Å². The van der Waals surface area contributed by atoms with E-state index in [1.54, 1.807) is 37.4 Å². The number of sulfonamides is 1. The molecule has 1 aromatic carbocycles. The van der Waals surface area contributed by atoms with Gasteiger partial charge in [0.1, 0.15) is 0 Å². The highest BCUT2D eigenvalue weighted by Crippen LogP contribution is 2.27. The topological polar surface area (TPSA) is 70.1 Å². The highest BCUT2D eigenvalue weighted by molar-refractivity contribution is 7.89. The Balaban J connectivity index is 2.09. The van der Waals surface area contributed by atoms with Gasteiger partial charge in [0.25, 0.3) is 0 Å². The standard InChI is InChI=1S/C17H28N2O4S/c1-18(8-9-23-2)11-15-10-16(14-20)13-19(12-15)24(21,22)17-6-4-3-5-7-17/h3-7,15-16,20H,8-14H2,1-2H3/t15-,16-/m1/s1. The summed E-state index contributed by atoms with van der Waals surface area (Å²) in [6.45, 7) is 3.14. The van der Waals surface area contributed by atoms with Crippen molar-refractivity contribution < 1.29 is 18.3 Å². The van der Waals surface area contributed by atoms with Gasteiger partial charge in [-0.1, -0.05) is 18.2 Å². The summed E-state index contributed by atoms with van der Waals surface area (Å²) < 4.78 is 32.3. The third-order valence-electron chi connectivity index (χ3n) is 4.48. The second-order valence-electron chi connectivity index (χ2n) is 6.54. The Morgan fingerprint density at radius 2 is 1.92 bits per heavy atom. The minimum atomic E-state index is -3.51. The molecule has 1 saturated heterocycles. The van der Waals surface area contributed by atoms with E-state index in [9.17, 15) is 13.5 Å². The van der Waals surface area contributed by atoms with Gasteiger partial charge in [-0.3, -0.25) is 0 Å². The number of nitrogens with zero attached hydrogens (tertiary/aromatic N) is 2. The normalized spacial score (nSPS) is 22.8. The molecule has 2 rings (SSSR count). The zero-order valence-corrected chi connectivity index (χ0v) is 15.3. The molecule has 1 heterocycles. The number of piperidine rings is 1. The number of methoxy groups -OCH3 is 1. The van der Waals surface area contributed by atoms with E-state index >= 15 is 0 Å². The zero-order valence-electron chi connectivity index (χ0n) is 14.5. The van der Waals surface area contributed by atoms with Crippen molar-refractivity contribution in [1.29, 1.82) is 0 Å². The van der Waals surface area contributed by atoms with Crippen LogP contribution < -0.4 is 0 Å². The van der Waals surface area contributed by atoms with Crippen LogP contribution in [0.25, 0.3) is 0 Å². The van der Waals surface area contributed by atoms with Crippen molar-refractivity contribution in [3.05, 3.63) is 30.3 Å². The number of ether oxygens (including phenoxy) is 1. The first-order valence-corrected chi connectivity index (χ1v) is 9.75. The smallest absolute Gasteiger partial charge is 0.243 e. The molecule has 1 aliphatic heterocycles. The molecular weight excluding hydrogens is 328 g/mol. The predicted octanol–water partition coefficient (Wildman–Crippen LogP) is 0.884. The third-order valence-corrected chi connectivity index (χ3v) is 6.32. The molecule has 0 radical (unpaired) electrons. The molecule has 0 aliphatic carbocycles. The van der Waals surface area contributed by atoms with E-state index in [1.807, 2.05) is 7.05 Å². The van der Waals surface area contributed by atoms with Crippen molar-refractivity contribution in [2.75, 3.05) is 53.6 Å². The minimum absolute atomic E-state index is 0.0130. The van der Waals surface area contributed by atoms with Crippen LogP contribution in [0, 0.1) is 11.8 Å². The van der Waals surface area contributed by atoms with Gasteiger partial charge in [-0.2, -0.15) is 4.31 Å². The van der Waals surface area contributed by atoms with Gasteiger partial charge >= 0.3 is 0 Å². The maximum atomic E-state index is 12.9. The Labute approximate surface area is 145 Å². The molecule has 7 heteroatoms. The summed E-state index contributed by atoms with van der Waals surface area (Å²) >= 11 is 0. The number of benzene rings is 1.